The number of aromatic nitrogens is 1. The summed E-state index contributed by atoms with van der Waals surface area (Å²) in [7, 11) is 0. The number of benzene rings is 4. The largest absolute Gasteiger partial charge is 0.360 e. The van der Waals surface area contributed by atoms with E-state index < -0.39 is 17.2 Å². The van der Waals surface area contributed by atoms with Crippen LogP contribution in [-0.4, -0.2) is 26.7 Å². The van der Waals surface area contributed by atoms with E-state index >= 15 is 8.78 Å². The molecule has 40 heavy (non-hydrogen) atoms. The van der Waals surface area contributed by atoms with Crippen molar-refractivity contribution in [1.82, 2.24) is 9.88 Å². The van der Waals surface area contributed by atoms with Crippen molar-refractivity contribution in [3.05, 3.63) is 125 Å². The standard InChI is InChI=1S/C34H33F2N3O/c1-22-19-37-33-25(22)15-10-16-26(33)31-28(35)18-29-27(32(31)36)17-30(34(2,3)39(29)40)38(20-23-11-6-4-7-12-23)21-24-13-8-5-9-14-24/h4-16,18-19,30,37,40H,17,20-21H2,1-3H3/t30-/m0/s1. The molecule has 0 aliphatic carbocycles. The van der Waals surface area contributed by atoms with Crippen molar-refractivity contribution in [1.29, 1.82) is 0 Å². The quantitative estimate of drug-likeness (QED) is 0.230. The number of para-hydroxylation sites is 1. The van der Waals surface area contributed by atoms with E-state index in [9.17, 15) is 5.21 Å². The summed E-state index contributed by atoms with van der Waals surface area (Å²) < 4.78 is 32.3. The Labute approximate surface area is 233 Å². The van der Waals surface area contributed by atoms with Crippen LogP contribution in [0.25, 0.3) is 22.0 Å². The summed E-state index contributed by atoms with van der Waals surface area (Å²) in [5, 5.41) is 13.5. The predicted octanol–water partition coefficient (Wildman–Crippen LogP) is 8.02. The first-order valence-corrected chi connectivity index (χ1v) is 13.6. The molecule has 2 N–H and O–H groups in total. The zero-order chi connectivity index (χ0) is 28.0. The van der Waals surface area contributed by atoms with Crippen LogP contribution in [-0.2, 0) is 19.5 Å². The third-order valence-electron chi connectivity index (χ3n) is 8.37. The van der Waals surface area contributed by atoms with Crippen molar-refractivity contribution in [2.45, 2.75) is 51.9 Å². The van der Waals surface area contributed by atoms with Crippen molar-refractivity contribution in [2.24, 2.45) is 0 Å². The zero-order valence-electron chi connectivity index (χ0n) is 23.0. The molecule has 0 radical (unpaired) electrons. The first kappa shape index (κ1) is 26.2. The third kappa shape index (κ3) is 4.47. The SMILES string of the molecule is Cc1c[nH]c2c(-c3c(F)cc4c(c3F)C[C@H](N(Cc3ccccc3)Cc3ccccc3)C(C)(C)N4O)cccc12. The van der Waals surface area contributed by atoms with Crippen LogP contribution in [0.3, 0.4) is 0 Å². The number of H-pyrrole nitrogens is 1. The van der Waals surface area contributed by atoms with Crippen LogP contribution in [0, 0.1) is 18.6 Å². The minimum atomic E-state index is -0.826. The summed E-state index contributed by atoms with van der Waals surface area (Å²) >= 11 is 0. The summed E-state index contributed by atoms with van der Waals surface area (Å²) in [6.07, 6.45) is 2.17. The van der Waals surface area contributed by atoms with E-state index in [1.165, 1.54) is 6.07 Å². The number of rotatable bonds is 6. The van der Waals surface area contributed by atoms with Gasteiger partial charge in [-0.05, 0) is 43.9 Å². The molecule has 0 fully saturated rings. The highest BCUT2D eigenvalue weighted by atomic mass is 19.1. The highest BCUT2D eigenvalue weighted by molar-refractivity contribution is 5.96. The maximum atomic E-state index is 16.5. The van der Waals surface area contributed by atoms with E-state index in [0.29, 0.717) is 36.2 Å². The topological polar surface area (TPSA) is 42.5 Å². The van der Waals surface area contributed by atoms with E-state index in [1.807, 2.05) is 75.5 Å². The van der Waals surface area contributed by atoms with E-state index in [-0.39, 0.29) is 17.3 Å². The third-order valence-corrected chi connectivity index (χ3v) is 8.37. The van der Waals surface area contributed by atoms with Crippen molar-refractivity contribution in [3.8, 4) is 11.1 Å². The van der Waals surface area contributed by atoms with Gasteiger partial charge in [0.1, 0.15) is 11.6 Å². The van der Waals surface area contributed by atoms with Gasteiger partial charge in [-0.25, -0.2) is 13.8 Å². The predicted molar refractivity (Wildman–Crippen MR) is 156 cm³/mol. The fraction of sp³-hybridized carbons (Fsp3) is 0.235. The molecule has 0 unspecified atom stereocenters. The number of hydrogen-bond donors (Lipinski definition) is 2. The normalized spacial score (nSPS) is 16.5. The number of nitrogens with zero attached hydrogens (tertiary/aromatic N) is 2. The Kier molecular flexibility index (Phi) is 6.69. The van der Waals surface area contributed by atoms with Gasteiger partial charge in [-0.3, -0.25) is 10.1 Å². The second kappa shape index (κ2) is 10.2. The summed E-state index contributed by atoms with van der Waals surface area (Å²) in [6.45, 7) is 7.05. The second-order valence-corrected chi connectivity index (χ2v) is 11.3. The molecule has 0 saturated carbocycles. The van der Waals surface area contributed by atoms with Crippen LogP contribution >= 0.6 is 0 Å². The lowest BCUT2D eigenvalue weighted by Crippen LogP contribution is -2.61. The summed E-state index contributed by atoms with van der Waals surface area (Å²) in [6, 6.07) is 26.8. The average molecular weight is 538 g/mol. The summed E-state index contributed by atoms with van der Waals surface area (Å²) in [4.78, 5) is 5.48. The Morgan fingerprint density at radius 2 is 1.55 bits per heavy atom. The summed E-state index contributed by atoms with van der Waals surface area (Å²) in [5.41, 5.74) is 4.02. The molecule has 0 saturated heterocycles. The number of halogens is 2. The molecule has 5 aromatic rings. The van der Waals surface area contributed by atoms with Gasteiger partial charge in [-0.1, -0.05) is 78.9 Å². The molecule has 0 bridgehead atoms. The van der Waals surface area contributed by atoms with Gasteiger partial charge in [0.15, 0.2) is 0 Å². The number of hydrogen-bond acceptors (Lipinski definition) is 3. The maximum absolute atomic E-state index is 16.5. The Morgan fingerprint density at radius 3 is 2.17 bits per heavy atom. The Morgan fingerprint density at radius 1 is 0.925 bits per heavy atom. The van der Waals surface area contributed by atoms with Gasteiger partial charge >= 0.3 is 0 Å². The molecule has 1 atom stereocenters. The number of nitrogens with one attached hydrogen (secondary N) is 1. The minimum absolute atomic E-state index is 0.0734. The number of hydroxylamine groups is 1. The zero-order valence-corrected chi connectivity index (χ0v) is 23.0. The number of fused-ring (bicyclic) bond motifs is 2. The molecule has 204 valence electrons. The van der Waals surface area contributed by atoms with E-state index in [2.05, 4.69) is 34.1 Å². The molecule has 1 aromatic heterocycles. The molecule has 0 amide bonds. The monoisotopic (exact) mass is 537 g/mol. The molecular weight excluding hydrogens is 504 g/mol. The van der Waals surface area contributed by atoms with Gasteiger partial charge in [0.05, 0.1) is 22.3 Å². The summed E-state index contributed by atoms with van der Waals surface area (Å²) in [5.74, 6) is -1.33. The van der Waals surface area contributed by atoms with Gasteiger partial charge < -0.3 is 4.98 Å². The second-order valence-electron chi connectivity index (χ2n) is 11.3. The smallest absolute Gasteiger partial charge is 0.139 e. The fourth-order valence-corrected chi connectivity index (χ4v) is 6.16. The Hall–Kier alpha value is -4.00. The van der Waals surface area contributed by atoms with Crippen molar-refractivity contribution < 1.29 is 14.0 Å². The van der Waals surface area contributed by atoms with Gasteiger partial charge in [0.25, 0.3) is 0 Å². The van der Waals surface area contributed by atoms with Gasteiger partial charge in [-0.2, -0.15) is 0 Å². The number of aromatic amines is 1. The molecule has 6 heteroatoms. The lowest BCUT2D eigenvalue weighted by molar-refractivity contribution is 0.0487. The number of anilines is 1. The van der Waals surface area contributed by atoms with Crippen molar-refractivity contribution in [3.63, 3.8) is 0 Å². The Bertz CT molecular complexity index is 1620. The first-order chi connectivity index (χ1) is 19.3. The fourth-order valence-electron chi connectivity index (χ4n) is 6.16. The molecular formula is C34H33F2N3O. The van der Waals surface area contributed by atoms with Crippen molar-refractivity contribution >= 4 is 16.6 Å². The molecule has 2 heterocycles. The lowest BCUT2D eigenvalue weighted by atomic mass is 9.81. The average Bonchev–Trinajstić information content (AvgIpc) is 3.33. The van der Waals surface area contributed by atoms with Crippen LogP contribution in [0.15, 0.2) is 91.1 Å². The van der Waals surface area contributed by atoms with Crippen LogP contribution in [0.1, 0.15) is 36.1 Å². The van der Waals surface area contributed by atoms with Crippen LogP contribution in [0.5, 0.6) is 0 Å². The van der Waals surface area contributed by atoms with Crippen molar-refractivity contribution in [2.75, 3.05) is 5.06 Å². The van der Waals surface area contributed by atoms with Crippen LogP contribution < -0.4 is 5.06 Å². The van der Waals surface area contributed by atoms with E-state index in [1.54, 1.807) is 6.07 Å². The van der Waals surface area contributed by atoms with Gasteiger partial charge in [0, 0.05) is 47.9 Å². The highest BCUT2D eigenvalue weighted by Crippen LogP contribution is 2.44. The molecule has 6 rings (SSSR count). The first-order valence-electron chi connectivity index (χ1n) is 13.6. The van der Waals surface area contributed by atoms with E-state index in [0.717, 1.165) is 27.1 Å². The van der Waals surface area contributed by atoms with Crippen LogP contribution in [0.4, 0.5) is 14.5 Å². The minimum Gasteiger partial charge on any atom is -0.360 e. The molecule has 0 spiro atoms. The van der Waals surface area contributed by atoms with Gasteiger partial charge in [0.2, 0.25) is 0 Å². The Balaban J connectivity index is 1.47. The lowest BCUT2D eigenvalue weighted by Gasteiger charge is -2.50. The highest BCUT2D eigenvalue weighted by Gasteiger charge is 2.45. The van der Waals surface area contributed by atoms with Gasteiger partial charge in [-0.15, -0.1) is 0 Å². The molecule has 1 aliphatic heterocycles. The molecule has 1 aliphatic rings. The molecule has 4 nitrogen and oxygen atoms in total. The molecule has 4 aromatic carbocycles. The van der Waals surface area contributed by atoms with Crippen LogP contribution in [0.2, 0.25) is 0 Å². The maximum Gasteiger partial charge on any atom is 0.139 e. The van der Waals surface area contributed by atoms with E-state index in [4.69, 9.17) is 0 Å². The number of aryl methyl sites for hydroxylation is 1.